The van der Waals surface area contributed by atoms with Crippen LogP contribution in [-0.2, 0) is 0 Å². The molecule has 0 saturated carbocycles. The van der Waals surface area contributed by atoms with E-state index in [1.165, 1.54) is 21.5 Å². The summed E-state index contributed by atoms with van der Waals surface area (Å²) in [7, 11) is 0. The number of hydrogen-bond donors (Lipinski definition) is 0. The first-order valence-corrected chi connectivity index (χ1v) is 21.1. The standard InChI is InChI=1S/C56H34N6O/c1-3-15-35(16-4-1)54-58-55(36-17-5-2-6-18-36)60-56(59-54)38-19-13-20-39(31-38)61-47-25-10-7-21-40(47)43-33-44-41-22-8-11-26-48(41)62(50(44)34-49(43)61)53-28-14-24-46(57-53)37-29-30-52-45(32-37)42-23-9-12-27-51(42)63-52/h1-34H. The molecule has 0 radical (unpaired) electrons. The number of rotatable bonds is 6. The molecule has 0 aliphatic rings. The lowest BCUT2D eigenvalue weighted by molar-refractivity contribution is 0.669. The third-order valence-corrected chi connectivity index (χ3v) is 12.2. The molecule has 0 spiro atoms. The lowest BCUT2D eigenvalue weighted by Gasteiger charge is -2.12. The number of nitrogens with zero attached hydrogens (tertiary/aromatic N) is 6. The smallest absolute Gasteiger partial charge is 0.164 e. The van der Waals surface area contributed by atoms with Crippen molar-refractivity contribution in [1.29, 1.82) is 0 Å². The van der Waals surface area contributed by atoms with Gasteiger partial charge in [-0.2, -0.15) is 0 Å². The molecule has 63 heavy (non-hydrogen) atoms. The molecule has 0 atom stereocenters. The van der Waals surface area contributed by atoms with Crippen LogP contribution in [0.3, 0.4) is 0 Å². The van der Waals surface area contributed by atoms with E-state index in [1.54, 1.807) is 0 Å². The van der Waals surface area contributed by atoms with Crippen LogP contribution in [0.1, 0.15) is 0 Å². The van der Waals surface area contributed by atoms with Crippen LogP contribution in [0, 0.1) is 0 Å². The summed E-state index contributed by atoms with van der Waals surface area (Å²) in [6, 6.07) is 71.5. The van der Waals surface area contributed by atoms with Crippen molar-refractivity contribution in [2.45, 2.75) is 0 Å². The van der Waals surface area contributed by atoms with E-state index in [1.807, 2.05) is 72.8 Å². The van der Waals surface area contributed by atoms with Crippen molar-refractivity contribution in [3.05, 3.63) is 206 Å². The topological polar surface area (TPSA) is 74.6 Å². The first-order valence-electron chi connectivity index (χ1n) is 21.1. The maximum absolute atomic E-state index is 6.16. The molecule has 5 aromatic heterocycles. The summed E-state index contributed by atoms with van der Waals surface area (Å²) in [5, 5.41) is 6.86. The van der Waals surface area contributed by atoms with Crippen molar-refractivity contribution in [1.82, 2.24) is 29.1 Å². The number of fused-ring (bicyclic) bond motifs is 9. The molecule has 0 bridgehead atoms. The molecule has 0 amide bonds. The summed E-state index contributed by atoms with van der Waals surface area (Å²) in [6.07, 6.45) is 0. The van der Waals surface area contributed by atoms with Crippen LogP contribution in [0.5, 0.6) is 0 Å². The Labute approximate surface area is 360 Å². The highest BCUT2D eigenvalue weighted by molar-refractivity contribution is 6.19. The van der Waals surface area contributed by atoms with Gasteiger partial charge in [0.15, 0.2) is 17.5 Å². The summed E-state index contributed by atoms with van der Waals surface area (Å²) in [4.78, 5) is 20.4. The third kappa shape index (κ3) is 5.67. The first-order chi connectivity index (χ1) is 31.2. The van der Waals surface area contributed by atoms with Crippen LogP contribution in [0.15, 0.2) is 211 Å². The highest BCUT2D eigenvalue weighted by atomic mass is 16.3. The highest BCUT2D eigenvalue weighted by Gasteiger charge is 2.20. The molecule has 294 valence electrons. The number of benzene rings is 8. The molecule has 0 aliphatic carbocycles. The molecule has 7 heteroatoms. The van der Waals surface area contributed by atoms with E-state index in [-0.39, 0.29) is 0 Å². The zero-order valence-corrected chi connectivity index (χ0v) is 33.7. The second-order valence-electron chi connectivity index (χ2n) is 15.9. The number of pyridine rings is 1. The fraction of sp³-hybridized carbons (Fsp3) is 0. The Morgan fingerprint density at radius 3 is 1.57 bits per heavy atom. The SMILES string of the molecule is c1ccc(-c2nc(-c3ccccc3)nc(-c3cccc(-n4c5ccccc5c5cc6c7ccccc7n(-c7cccc(-c8ccc9oc%10ccccc%10c9c8)n7)c6cc54)c3)n2)cc1. The van der Waals surface area contributed by atoms with Gasteiger partial charge in [-0.05, 0) is 72.8 Å². The number of furan rings is 1. The summed E-state index contributed by atoms with van der Waals surface area (Å²) in [5.41, 5.74) is 11.8. The Hall–Kier alpha value is -8.68. The summed E-state index contributed by atoms with van der Waals surface area (Å²) in [5.74, 6) is 2.72. The van der Waals surface area contributed by atoms with Crippen LogP contribution in [0.25, 0.3) is 122 Å². The first kappa shape index (κ1) is 35.1. The zero-order chi connectivity index (χ0) is 41.4. The molecule has 5 heterocycles. The second-order valence-corrected chi connectivity index (χ2v) is 15.9. The van der Waals surface area contributed by atoms with Gasteiger partial charge in [0.1, 0.15) is 17.0 Å². The molecule has 13 aromatic rings. The molecular weight excluding hydrogens is 773 g/mol. The fourth-order valence-electron chi connectivity index (χ4n) is 9.27. The van der Waals surface area contributed by atoms with Gasteiger partial charge in [-0.3, -0.25) is 4.57 Å². The number of aromatic nitrogens is 6. The average Bonchev–Trinajstić information content (AvgIpc) is 4.01. The van der Waals surface area contributed by atoms with Crippen LogP contribution in [0.2, 0.25) is 0 Å². The fourth-order valence-corrected chi connectivity index (χ4v) is 9.27. The second kappa shape index (κ2) is 13.9. The molecular formula is C56H34N6O. The molecule has 0 N–H and O–H groups in total. The van der Waals surface area contributed by atoms with Gasteiger partial charge in [-0.25, -0.2) is 19.9 Å². The monoisotopic (exact) mass is 806 g/mol. The maximum Gasteiger partial charge on any atom is 0.164 e. The van der Waals surface area contributed by atoms with Gasteiger partial charge in [-0.15, -0.1) is 0 Å². The minimum Gasteiger partial charge on any atom is -0.456 e. The Balaban J connectivity index is 1.00. The van der Waals surface area contributed by atoms with Crippen LogP contribution >= 0.6 is 0 Å². The van der Waals surface area contributed by atoms with Crippen molar-refractivity contribution in [2.75, 3.05) is 0 Å². The minimum atomic E-state index is 0.610. The van der Waals surface area contributed by atoms with Crippen molar-refractivity contribution >= 4 is 65.6 Å². The summed E-state index contributed by atoms with van der Waals surface area (Å²) in [6.45, 7) is 0. The van der Waals surface area contributed by atoms with Crippen molar-refractivity contribution < 1.29 is 4.42 Å². The Bertz CT molecular complexity index is 3860. The van der Waals surface area contributed by atoms with Gasteiger partial charge in [-0.1, -0.05) is 133 Å². The van der Waals surface area contributed by atoms with E-state index < -0.39 is 0 Å². The van der Waals surface area contributed by atoms with E-state index in [0.717, 1.165) is 83.5 Å². The van der Waals surface area contributed by atoms with Gasteiger partial charge in [0.2, 0.25) is 0 Å². The molecule has 7 nitrogen and oxygen atoms in total. The predicted molar refractivity (Wildman–Crippen MR) is 255 cm³/mol. The van der Waals surface area contributed by atoms with E-state index in [9.17, 15) is 0 Å². The summed E-state index contributed by atoms with van der Waals surface area (Å²) < 4.78 is 10.8. The molecule has 13 rings (SSSR count). The Morgan fingerprint density at radius 2 is 0.857 bits per heavy atom. The highest BCUT2D eigenvalue weighted by Crippen LogP contribution is 2.40. The molecule has 8 aromatic carbocycles. The predicted octanol–water partition coefficient (Wildman–Crippen LogP) is 14.0. The Kier molecular flexibility index (Phi) is 7.77. The lowest BCUT2D eigenvalue weighted by atomic mass is 10.1. The van der Waals surface area contributed by atoms with Crippen molar-refractivity contribution in [3.63, 3.8) is 0 Å². The van der Waals surface area contributed by atoms with Crippen molar-refractivity contribution in [3.8, 4) is 56.9 Å². The average molecular weight is 807 g/mol. The lowest BCUT2D eigenvalue weighted by Crippen LogP contribution is -2.01. The van der Waals surface area contributed by atoms with Gasteiger partial charge >= 0.3 is 0 Å². The van der Waals surface area contributed by atoms with Gasteiger partial charge in [0, 0.05) is 60.3 Å². The zero-order valence-electron chi connectivity index (χ0n) is 33.7. The van der Waals surface area contributed by atoms with Crippen LogP contribution < -0.4 is 0 Å². The number of para-hydroxylation sites is 3. The molecule has 0 fully saturated rings. The molecule has 0 unspecified atom stereocenters. The van der Waals surface area contributed by atoms with Crippen LogP contribution in [-0.4, -0.2) is 29.1 Å². The van der Waals surface area contributed by atoms with Crippen molar-refractivity contribution in [2.24, 2.45) is 0 Å². The summed E-state index contributed by atoms with van der Waals surface area (Å²) >= 11 is 0. The quantitative estimate of drug-likeness (QED) is 0.167. The van der Waals surface area contributed by atoms with E-state index in [2.05, 4.69) is 143 Å². The molecule has 0 saturated heterocycles. The van der Waals surface area contributed by atoms with Crippen LogP contribution in [0.4, 0.5) is 0 Å². The maximum atomic E-state index is 6.16. The van der Waals surface area contributed by atoms with E-state index in [4.69, 9.17) is 24.4 Å². The van der Waals surface area contributed by atoms with Gasteiger partial charge in [0.05, 0.1) is 27.8 Å². The normalized spacial score (nSPS) is 11.8. The minimum absolute atomic E-state index is 0.610. The van der Waals surface area contributed by atoms with Gasteiger partial charge in [0.25, 0.3) is 0 Å². The molecule has 0 aliphatic heterocycles. The largest absolute Gasteiger partial charge is 0.456 e. The third-order valence-electron chi connectivity index (χ3n) is 12.2. The van der Waals surface area contributed by atoms with E-state index >= 15 is 0 Å². The van der Waals surface area contributed by atoms with Gasteiger partial charge < -0.3 is 8.98 Å². The van der Waals surface area contributed by atoms with E-state index in [0.29, 0.717) is 17.5 Å². The number of hydrogen-bond acceptors (Lipinski definition) is 5. The Morgan fingerprint density at radius 1 is 0.302 bits per heavy atom.